The number of rotatable bonds is 5. The monoisotopic (exact) mass is 331 g/mol. The Labute approximate surface area is 140 Å². The lowest BCUT2D eigenvalue weighted by Crippen LogP contribution is -2.35. The SMILES string of the molecule is CN(CC1CCCC1O)C(=O)Cc1ccn(-c2ccc(F)cc2)n1. The lowest BCUT2D eigenvalue weighted by atomic mass is 10.1. The highest BCUT2D eigenvalue weighted by Crippen LogP contribution is 2.26. The number of halogens is 1. The molecule has 1 heterocycles. The highest BCUT2D eigenvalue weighted by atomic mass is 19.1. The fraction of sp³-hybridized carbons (Fsp3) is 0.444. The van der Waals surface area contributed by atoms with Gasteiger partial charge in [-0.1, -0.05) is 6.42 Å². The summed E-state index contributed by atoms with van der Waals surface area (Å²) in [6, 6.07) is 7.83. The summed E-state index contributed by atoms with van der Waals surface area (Å²) in [5.41, 5.74) is 1.42. The number of nitrogens with zero attached hydrogens (tertiary/aromatic N) is 3. The Morgan fingerprint density at radius 1 is 1.33 bits per heavy atom. The van der Waals surface area contributed by atoms with Crippen LogP contribution in [0.3, 0.4) is 0 Å². The number of amides is 1. The van der Waals surface area contributed by atoms with Crippen molar-refractivity contribution < 1.29 is 14.3 Å². The van der Waals surface area contributed by atoms with Gasteiger partial charge in [-0.15, -0.1) is 0 Å². The minimum Gasteiger partial charge on any atom is -0.393 e. The van der Waals surface area contributed by atoms with Gasteiger partial charge in [-0.25, -0.2) is 9.07 Å². The van der Waals surface area contributed by atoms with Gasteiger partial charge in [-0.3, -0.25) is 4.79 Å². The molecule has 1 aliphatic carbocycles. The molecule has 1 amide bonds. The van der Waals surface area contributed by atoms with Crippen LogP contribution < -0.4 is 0 Å². The van der Waals surface area contributed by atoms with Crippen molar-refractivity contribution in [1.29, 1.82) is 0 Å². The van der Waals surface area contributed by atoms with Gasteiger partial charge in [0.2, 0.25) is 5.91 Å². The smallest absolute Gasteiger partial charge is 0.228 e. The lowest BCUT2D eigenvalue weighted by Gasteiger charge is -2.23. The van der Waals surface area contributed by atoms with Gasteiger partial charge in [0.1, 0.15) is 5.82 Å². The topological polar surface area (TPSA) is 58.4 Å². The molecular formula is C18H22FN3O2. The highest BCUT2D eigenvalue weighted by Gasteiger charge is 2.27. The van der Waals surface area contributed by atoms with E-state index >= 15 is 0 Å². The zero-order valence-corrected chi connectivity index (χ0v) is 13.7. The van der Waals surface area contributed by atoms with Crippen molar-refractivity contribution in [3.63, 3.8) is 0 Å². The number of hydrogen-bond acceptors (Lipinski definition) is 3. The Balaban J connectivity index is 1.59. The third-order valence-corrected chi connectivity index (χ3v) is 4.62. The summed E-state index contributed by atoms with van der Waals surface area (Å²) < 4.78 is 14.6. The molecule has 0 saturated heterocycles. The summed E-state index contributed by atoms with van der Waals surface area (Å²) >= 11 is 0. The zero-order chi connectivity index (χ0) is 17.1. The van der Waals surface area contributed by atoms with Crippen molar-refractivity contribution in [1.82, 2.24) is 14.7 Å². The predicted molar refractivity (Wildman–Crippen MR) is 88.2 cm³/mol. The van der Waals surface area contributed by atoms with Crippen LogP contribution in [0.1, 0.15) is 25.0 Å². The average Bonchev–Trinajstić information content (AvgIpc) is 3.18. The van der Waals surface area contributed by atoms with Crippen LogP contribution in [0.25, 0.3) is 5.69 Å². The van der Waals surface area contributed by atoms with E-state index in [0.717, 1.165) is 24.9 Å². The molecule has 3 rings (SSSR count). The van der Waals surface area contributed by atoms with E-state index < -0.39 is 0 Å². The molecule has 2 aromatic rings. The third kappa shape index (κ3) is 3.82. The summed E-state index contributed by atoms with van der Waals surface area (Å²) in [6.07, 6.45) is 4.50. The van der Waals surface area contributed by atoms with E-state index in [1.54, 1.807) is 41.0 Å². The van der Waals surface area contributed by atoms with Gasteiger partial charge in [0.15, 0.2) is 0 Å². The molecule has 1 N–H and O–H groups in total. The Morgan fingerprint density at radius 2 is 2.08 bits per heavy atom. The van der Waals surface area contributed by atoms with Crippen LogP contribution in [0.4, 0.5) is 4.39 Å². The molecule has 0 bridgehead atoms. The van der Waals surface area contributed by atoms with Crippen molar-refractivity contribution in [2.24, 2.45) is 5.92 Å². The van der Waals surface area contributed by atoms with Crippen LogP contribution in [0.15, 0.2) is 36.5 Å². The normalized spacial score (nSPS) is 20.3. The predicted octanol–water partition coefficient (Wildman–Crippen LogP) is 2.17. The Bertz CT molecular complexity index is 699. The first-order valence-electron chi connectivity index (χ1n) is 8.25. The first kappa shape index (κ1) is 16.6. The number of carbonyl (C=O) groups is 1. The number of likely N-dealkylation sites (N-methyl/N-ethyl adjacent to an activating group) is 1. The molecule has 1 aromatic heterocycles. The summed E-state index contributed by atoms with van der Waals surface area (Å²) in [4.78, 5) is 14.0. The second kappa shape index (κ2) is 7.13. The van der Waals surface area contributed by atoms with Gasteiger partial charge < -0.3 is 10.0 Å². The molecule has 24 heavy (non-hydrogen) atoms. The van der Waals surface area contributed by atoms with Gasteiger partial charge in [0.25, 0.3) is 0 Å². The van der Waals surface area contributed by atoms with Crippen LogP contribution in [-0.4, -0.2) is 45.4 Å². The zero-order valence-electron chi connectivity index (χ0n) is 13.7. The van der Waals surface area contributed by atoms with Crippen molar-refractivity contribution in [2.75, 3.05) is 13.6 Å². The lowest BCUT2D eigenvalue weighted by molar-refractivity contribution is -0.130. The Morgan fingerprint density at radius 3 is 2.75 bits per heavy atom. The van der Waals surface area contributed by atoms with E-state index in [-0.39, 0.29) is 30.2 Å². The molecule has 2 atom stereocenters. The Kier molecular flexibility index (Phi) is 4.94. The summed E-state index contributed by atoms with van der Waals surface area (Å²) in [5.74, 6) is -0.133. The van der Waals surface area contributed by atoms with Crippen LogP contribution in [0.2, 0.25) is 0 Å². The quantitative estimate of drug-likeness (QED) is 0.913. The molecule has 1 aliphatic rings. The highest BCUT2D eigenvalue weighted by molar-refractivity contribution is 5.78. The number of carbonyl (C=O) groups excluding carboxylic acids is 1. The number of aliphatic hydroxyl groups is 1. The van der Waals surface area contributed by atoms with Gasteiger partial charge in [-0.2, -0.15) is 5.10 Å². The first-order chi connectivity index (χ1) is 11.5. The van der Waals surface area contributed by atoms with Gasteiger partial charge in [0, 0.05) is 25.7 Å². The maximum atomic E-state index is 13.0. The van der Waals surface area contributed by atoms with Gasteiger partial charge in [-0.05, 0) is 43.2 Å². The summed E-state index contributed by atoms with van der Waals surface area (Å²) in [7, 11) is 1.77. The molecule has 1 fully saturated rings. The maximum absolute atomic E-state index is 13.0. The van der Waals surface area contributed by atoms with E-state index in [9.17, 15) is 14.3 Å². The van der Waals surface area contributed by atoms with Crippen LogP contribution >= 0.6 is 0 Å². The van der Waals surface area contributed by atoms with Crippen LogP contribution in [-0.2, 0) is 11.2 Å². The molecular weight excluding hydrogens is 309 g/mol. The minimum absolute atomic E-state index is 0.0153. The Hall–Kier alpha value is -2.21. The minimum atomic E-state index is -0.294. The summed E-state index contributed by atoms with van der Waals surface area (Å²) in [5, 5.41) is 14.3. The molecule has 6 heteroatoms. The largest absolute Gasteiger partial charge is 0.393 e. The molecule has 0 radical (unpaired) electrons. The van der Waals surface area contributed by atoms with Crippen LogP contribution in [0.5, 0.6) is 0 Å². The fourth-order valence-electron chi connectivity index (χ4n) is 3.17. The van der Waals surface area contributed by atoms with Crippen molar-refractivity contribution in [2.45, 2.75) is 31.8 Å². The fourth-order valence-corrected chi connectivity index (χ4v) is 3.17. The van der Waals surface area contributed by atoms with Crippen molar-refractivity contribution >= 4 is 5.91 Å². The summed E-state index contributed by atoms with van der Waals surface area (Å²) in [6.45, 7) is 0.582. The maximum Gasteiger partial charge on any atom is 0.228 e. The van der Waals surface area contributed by atoms with E-state index in [2.05, 4.69) is 5.10 Å². The van der Waals surface area contributed by atoms with Crippen molar-refractivity contribution in [3.05, 3.63) is 48.0 Å². The molecule has 1 saturated carbocycles. The molecule has 5 nitrogen and oxygen atoms in total. The number of benzene rings is 1. The van der Waals surface area contributed by atoms with Crippen molar-refractivity contribution in [3.8, 4) is 5.69 Å². The first-order valence-corrected chi connectivity index (χ1v) is 8.25. The van der Waals surface area contributed by atoms with E-state index in [0.29, 0.717) is 12.2 Å². The second-order valence-corrected chi connectivity index (χ2v) is 6.44. The van der Waals surface area contributed by atoms with Gasteiger partial charge >= 0.3 is 0 Å². The van der Waals surface area contributed by atoms with E-state index in [1.165, 1.54) is 12.1 Å². The van der Waals surface area contributed by atoms with E-state index in [1.807, 2.05) is 0 Å². The van der Waals surface area contributed by atoms with Crippen LogP contribution in [0, 0.1) is 11.7 Å². The molecule has 0 spiro atoms. The number of aromatic nitrogens is 2. The third-order valence-electron chi connectivity index (χ3n) is 4.62. The molecule has 0 aliphatic heterocycles. The number of hydrogen-bond donors (Lipinski definition) is 1. The molecule has 2 unspecified atom stereocenters. The second-order valence-electron chi connectivity index (χ2n) is 6.44. The van der Waals surface area contributed by atoms with Gasteiger partial charge in [0.05, 0.1) is 23.9 Å². The molecule has 1 aromatic carbocycles. The average molecular weight is 331 g/mol. The number of aliphatic hydroxyl groups excluding tert-OH is 1. The van der Waals surface area contributed by atoms with E-state index in [4.69, 9.17) is 0 Å². The standard InChI is InChI=1S/C18H22FN3O2/c1-21(12-13-3-2-4-17(13)23)18(24)11-15-9-10-22(20-15)16-7-5-14(19)6-8-16/h5-10,13,17,23H,2-4,11-12H2,1H3. The molecule has 128 valence electrons.